The van der Waals surface area contributed by atoms with E-state index in [1.165, 1.54) is 0 Å². The summed E-state index contributed by atoms with van der Waals surface area (Å²) in [7, 11) is 1.66. The number of methoxy groups -OCH3 is 1. The molecular formula is C11H11BrN4OS. The minimum absolute atomic E-state index is 0. The number of hydrogen-bond donors (Lipinski definition) is 0. The molecule has 0 N–H and O–H groups in total. The molecule has 0 unspecified atom stereocenters. The van der Waals surface area contributed by atoms with E-state index < -0.39 is 0 Å². The van der Waals surface area contributed by atoms with Gasteiger partial charge in [0, 0.05) is 5.75 Å². The lowest BCUT2D eigenvalue weighted by Crippen LogP contribution is -2.12. The van der Waals surface area contributed by atoms with Crippen LogP contribution in [0.4, 0.5) is 0 Å². The van der Waals surface area contributed by atoms with Crippen molar-refractivity contribution in [2.24, 2.45) is 5.10 Å². The number of aromatic nitrogens is 3. The van der Waals surface area contributed by atoms with Crippen molar-refractivity contribution in [2.75, 3.05) is 12.9 Å². The molecule has 0 aliphatic carbocycles. The summed E-state index contributed by atoms with van der Waals surface area (Å²) in [5.41, 5.74) is 2.11. The number of halogens is 1. The van der Waals surface area contributed by atoms with Crippen LogP contribution in [-0.4, -0.2) is 33.4 Å². The molecule has 3 rings (SSSR count). The highest BCUT2D eigenvalue weighted by Crippen LogP contribution is 2.22. The summed E-state index contributed by atoms with van der Waals surface area (Å²) in [6.45, 7) is 0. The summed E-state index contributed by atoms with van der Waals surface area (Å²) in [6.07, 6.45) is 1.62. The molecule has 7 heteroatoms. The number of ether oxygens (including phenoxy) is 1. The van der Waals surface area contributed by atoms with Crippen LogP contribution in [-0.2, 0) is 0 Å². The molecule has 0 saturated heterocycles. The summed E-state index contributed by atoms with van der Waals surface area (Å²) in [6, 6.07) is 7.88. The predicted molar refractivity (Wildman–Crippen MR) is 76.0 cm³/mol. The lowest BCUT2D eigenvalue weighted by Gasteiger charge is -2.12. The SMILES string of the molecule is Br.COc1ccc(C2=Nn3cnnc3SC2)cc1. The highest BCUT2D eigenvalue weighted by Gasteiger charge is 2.15. The molecule has 5 nitrogen and oxygen atoms in total. The predicted octanol–water partition coefficient (Wildman–Crippen LogP) is 2.22. The average molecular weight is 327 g/mol. The Morgan fingerprint density at radius 2 is 2.06 bits per heavy atom. The van der Waals surface area contributed by atoms with Gasteiger partial charge in [0.15, 0.2) is 0 Å². The summed E-state index contributed by atoms with van der Waals surface area (Å²) in [5, 5.41) is 13.1. The Labute approximate surface area is 119 Å². The summed E-state index contributed by atoms with van der Waals surface area (Å²) < 4.78 is 6.83. The van der Waals surface area contributed by atoms with Gasteiger partial charge in [0.1, 0.15) is 12.1 Å². The molecule has 0 bridgehead atoms. The number of hydrogen-bond acceptors (Lipinski definition) is 5. The third-order valence-electron chi connectivity index (χ3n) is 2.49. The number of benzene rings is 1. The topological polar surface area (TPSA) is 52.3 Å². The monoisotopic (exact) mass is 326 g/mol. The first-order chi connectivity index (χ1) is 8.36. The van der Waals surface area contributed by atoms with Crippen LogP contribution in [0.3, 0.4) is 0 Å². The fraction of sp³-hybridized carbons (Fsp3) is 0.182. The lowest BCUT2D eigenvalue weighted by atomic mass is 10.1. The smallest absolute Gasteiger partial charge is 0.212 e. The van der Waals surface area contributed by atoms with Crippen molar-refractivity contribution in [3.63, 3.8) is 0 Å². The third-order valence-corrected chi connectivity index (χ3v) is 3.43. The standard InChI is InChI=1S/C11H10N4OS.BrH/c1-16-9-4-2-8(3-5-9)10-6-17-11-13-12-7-15(11)14-10;/h2-5,7H,6H2,1H3;1H. The molecule has 1 aliphatic rings. The van der Waals surface area contributed by atoms with E-state index in [4.69, 9.17) is 4.74 Å². The maximum atomic E-state index is 5.13. The normalized spacial score (nSPS) is 13.3. The highest BCUT2D eigenvalue weighted by atomic mass is 79.9. The van der Waals surface area contributed by atoms with Crippen LogP contribution in [0.25, 0.3) is 0 Å². The molecular weight excluding hydrogens is 316 g/mol. The second-order valence-electron chi connectivity index (χ2n) is 3.52. The quantitative estimate of drug-likeness (QED) is 0.849. The van der Waals surface area contributed by atoms with Crippen LogP contribution < -0.4 is 4.74 Å². The van der Waals surface area contributed by atoms with Gasteiger partial charge in [-0.3, -0.25) is 0 Å². The molecule has 0 amide bonds. The van der Waals surface area contributed by atoms with Gasteiger partial charge in [0.05, 0.1) is 12.8 Å². The van der Waals surface area contributed by atoms with Gasteiger partial charge >= 0.3 is 0 Å². The van der Waals surface area contributed by atoms with Crippen molar-refractivity contribution < 1.29 is 4.74 Å². The second-order valence-corrected chi connectivity index (χ2v) is 4.46. The number of nitrogens with zero attached hydrogens (tertiary/aromatic N) is 4. The van der Waals surface area contributed by atoms with E-state index in [1.807, 2.05) is 24.3 Å². The van der Waals surface area contributed by atoms with Gasteiger partial charge in [0.25, 0.3) is 0 Å². The minimum Gasteiger partial charge on any atom is -0.497 e. The molecule has 1 aromatic heterocycles. The van der Waals surface area contributed by atoms with Crippen LogP contribution in [0, 0.1) is 0 Å². The van der Waals surface area contributed by atoms with E-state index in [-0.39, 0.29) is 17.0 Å². The molecule has 18 heavy (non-hydrogen) atoms. The molecule has 0 saturated carbocycles. The summed E-state index contributed by atoms with van der Waals surface area (Å²) in [5.74, 6) is 1.66. The van der Waals surface area contributed by atoms with Crippen molar-refractivity contribution in [3.8, 4) is 5.75 Å². The molecule has 1 aliphatic heterocycles. The Bertz CT molecular complexity index is 567. The van der Waals surface area contributed by atoms with Gasteiger partial charge in [-0.25, -0.2) is 0 Å². The zero-order chi connectivity index (χ0) is 11.7. The molecule has 2 heterocycles. The van der Waals surface area contributed by atoms with Gasteiger partial charge in [-0.15, -0.1) is 27.2 Å². The zero-order valence-corrected chi connectivity index (χ0v) is 12.1. The molecule has 2 aromatic rings. The van der Waals surface area contributed by atoms with Crippen molar-refractivity contribution in [2.45, 2.75) is 5.16 Å². The van der Waals surface area contributed by atoms with Crippen LogP contribution in [0.2, 0.25) is 0 Å². The second kappa shape index (κ2) is 5.53. The van der Waals surface area contributed by atoms with E-state index in [2.05, 4.69) is 15.3 Å². The fourth-order valence-corrected chi connectivity index (χ4v) is 2.41. The molecule has 0 atom stereocenters. The Kier molecular flexibility index (Phi) is 4.03. The van der Waals surface area contributed by atoms with Gasteiger partial charge < -0.3 is 4.74 Å². The molecule has 1 aromatic carbocycles. The van der Waals surface area contributed by atoms with Gasteiger partial charge in [0.2, 0.25) is 5.16 Å². The first kappa shape index (κ1) is 13.1. The highest BCUT2D eigenvalue weighted by molar-refractivity contribution is 8.93. The number of rotatable bonds is 2. The van der Waals surface area contributed by atoms with Crippen LogP contribution in [0.15, 0.2) is 40.9 Å². The molecule has 0 spiro atoms. The van der Waals surface area contributed by atoms with E-state index >= 15 is 0 Å². The van der Waals surface area contributed by atoms with Crippen LogP contribution >= 0.6 is 28.7 Å². The molecule has 94 valence electrons. The zero-order valence-electron chi connectivity index (χ0n) is 9.61. The minimum atomic E-state index is 0. The van der Waals surface area contributed by atoms with Crippen molar-refractivity contribution in [1.82, 2.24) is 14.9 Å². The van der Waals surface area contributed by atoms with Gasteiger partial charge in [-0.05, 0) is 29.8 Å². The van der Waals surface area contributed by atoms with Gasteiger partial charge in [-0.1, -0.05) is 11.8 Å². The lowest BCUT2D eigenvalue weighted by molar-refractivity contribution is 0.415. The number of thioether (sulfide) groups is 1. The van der Waals surface area contributed by atoms with Crippen LogP contribution in [0.5, 0.6) is 5.75 Å². The van der Waals surface area contributed by atoms with E-state index in [9.17, 15) is 0 Å². The van der Waals surface area contributed by atoms with Crippen molar-refractivity contribution in [1.29, 1.82) is 0 Å². The van der Waals surface area contributed by atoms with Crippen molar-refractivity contribution >= 4 is 34.5 Å². The van der Waals surface area contributed by atoms with Gasteiger partial charge in [-0.2, -0.15) is 9.78 Å². The molecule has 0 radical (unpaired) electrons. The Balaban J connectivity index is 0.00000120. The first-order valence-electron chi connectivity index (χ1n) is 5.12. The average Bonchev–Trinajstić information content (AvgIpc) is 2.86. The fourth-order valence-electron chi connectivity index (χ4n) is 1.60. The number of fused-ring (bicyclic) bond motifs is 1. The summed E-state index contributed by atoms with van der Waals surface area (Å²) in [4.78, 5) is 0. The van der Waals surface area contributed by atoms with Crippen LogP contribution in [0.1, 0.15) is 5.56 Å². The van der Waals surface area contributed by atoms with E-state index in [0.717, 1.165) is 27.9 Å². The van der Waals surface area contributed by atoms with E-state index in [1.54, 1.807) is 29.9 Å². The Morgan fingerprint density at radius 1 is 1.28 bits per heavy atom. The van der Waals surface area contributed by atoms with Crippen molar-refractivity contribution in [3.05, 3.63) is 36.2 Å². The largest absolute Gasteiger partial charge is 0.497 e. The maximum Gasteiger partial charge on any atom is 0.212 e. The molecule has 0 fully saturated rings. The Hall–Kier alpha value is -1.34. The summed E-state index contributed by atoms with van der Waals surface area (Å²) >= 11 is 1.64. The maximum absolute atomic E-state index is 5.13. The third kappa shape index (κ3) is 2.41. The van der Waals surface area contributed by atoms with E-state index in [0.29, 0.717) is 0 Å². The Morgan fingerprint density at radius 3 is 2.78 bits per heavy atom. The first-order valence-corrected chi connectivity index (χ1v) is 6.10.